The van der Waals surface area contributed by atoms with Gasteiger partial charge in [0.1, 0.15) is 0 Å². The first-order valence-electron chi connectivity index (χ1n) is 5.09. The van der Waals surface area contributed by atoms with E-state index in [9.17, 15) is 9.59 Å². The van der Waals surface area contributed by atoms with Crippen LogP contribution in [0.5, 0.6) is 0 Å². The van der Waals surface area contributed by atoms with Crippen LogP contribution in [0.1, 0.15) is 27.2 Å². The summed E-state index contributed by atoms with van der Waals surface area (Å²) >= 11 is 0. The summed E-state index contributed by atoms with van der Waals surface area (Å²) in [6, 6.07) is 0.199. The third-order valence-corrected chi connectivity index (χ3v) is 2.80. The van der Waals surface area contributed by atoms with Crippen molar-refractivity contribution in [1.82, 2.24) is 9.80 Å². The van der Waals surface area contributed by atoms with Gasteiger partial charge in [0.25, 0.3) is 0 Å². The summed E-state index contributed by atoms with van der Waals surface area (Å²) in [6.45, 7) is 7.25. The molecule has 0 saturated carbocycles. The van der Waals surface area contributed by atoms with Crippen LogP contribution in [-0.2, 0) is 9.59 Å². The molecule has 0 bridgehead atoms. The van der Waals surface area contributed by atoms with Crippen LogP contribution < -0.4 is 0 Å². The molecule has 1 rings (SSSR count). The second-order valence-electron chi connectivity index (χ2n) is 3.74. The molecule has 14 heavy (non-hydrogen) atoms. The van der Waals surface area contributed by atoms with Gasteiger partial charge in [-0.25, -0.2) is 0 Å². The van der Waals surface area contributed by atoms with Gasteiger partial charge < -0.3 is 9.80 Å². The van der Waals surface area contributed by atoms with Gasteiger partial charge in [-0.3, -0.25) is 9.59 Å². The van der Waals surface area contributed by atoms with Crippen molar-refractivity contribution in [3.8, 4) is 0 Å². The molecule has 0 radical (unpaired) electrons. The van der Waals surface area contributed by atoms with E-state index < -0.39 is 0 Å². The quantitative estimate of drug-likeness (QED) is 0.614. The largest absolute Gasteiger partial charge is 0.339 e. The molecule has 2 amide bonds. The normalized spacial score (nSPS) is 22.4. The Hall–Kier alpha value is -1.06. The predicted octanol–water partition coefficient (Wildman–Crippen LogP) is 0.476. The summed E-state index contributed by atoms with van der Waals surface area (Å²) in [5.74, 6) is 0.215. The van der Waals surface area contributed by atoms with Gasteiger partial charge >= 0.3 is 0 Å². The van der Waals surface area contributed by atoms with E-state index in [0.717, 1.165) is 6.42 Å². The third-order valence-electron chi connectivity index (χ3n) is 2.80. The van der Waals surface area contributed by atoms with Gasteiger partial charge in [0, 0.05) is 39.5 Å². The van der Waals surface area contributed by atoms with Gasteiger partial charge in [-0.15, -0.1) is 0 Å². The van der Waals surface area contributed by atoms with Crippen molar-refractivity contribution >= 4 is 11.8 Å². The van der Waals surface area contributed by atoms with Gasteiger partial charge in [0.05, 0.1) is 0 Å². The average molecular weight is 198 g/mol. The minimum atomic E-state index is 0.103. The Morgan fingerprint density at radius 2 is 1.86 bits per heavy atom. The molecular weight excluding hydrogens is 180 g/mol. The molecule has 80 valence electrons. The molecule has 1 aliphatic rings. The molecule has 1 saturated heterocycles. The highest BCUT2D eigenvalue weighted by atomic mass is 16.2. The summed E-state index contributed by atoms with van der Waals surface area (Å²) in [4.78, 5) is 26.1. The Balaban J connectivity index is 2.63. The molecule has 0 aromatic carbocycles. The van der Waals surface area contributed by atoms with E-state index in [2.05, 4.69) is 0 Å². The molecule has 0 N–H and O–H groups in total. The molecule has 1 aliphatic heterocycles. The first kappa shape index (κ1) is 11.0. The Morgan fingerprint density at radius 3 is 2.29 bits per heavy atom. The Bertz CT molecular complexity index is 240. The summed E-state index contributed by atoms with van der Waals surface area (Å²) < 4.78 is 0. The van der Waals surface area contributed by atoms with E-state index in [4.69, 9.17) is 0 Å². The van der Waals surface area contributed by atoms with Crippen molar-refractivity contribution in [3.63, 3.8) is 0 Å². The van der Waals surface area contributed by atoms with E-state index in [0.29, 0.717) is 19.6 Å². The van der Waals surface area contributed by atoms with Gasteiger partial charge in [0.15, 0.2) is 0 Å². The summed E-state index contributed by atoms with van der Waals surface area (Å²) in [7, 11) is 0. The highest BCUT2D eigenvalue weighted by Crippen LogP contribution is 2.12. The third kappa shape index (κ3) is 2.25. The number of carbonyl (C=O) groups excluding carboxylic acids is 2. The maximum atomic E-state index is 11.3. The van der Waals surface area contributed by atoms with Crippen LogP contribution in [0, 0.1) is 0 Å². The molecule has 0 spiro atoms. The summed E-state index contributed by atoms with van der Waals surface area (Å²) in [6.07, 6.45) is 0.906. The van der Waals surface area contributed by atoms with Crippen molar-refractivity contribution in [2.45, 2.75) is 33.2 Å². The number of nitrogens with zero attached hydrogens (tertiary/aromatic N) is 2. The molecule has 1 atom stereocenters. The molecular formula is C10H18N2O2. The average Bonchev–Trinajstić information content (AvgIpc) is 2.16. The summed E-state index contributed by atoms with van der Waals surface area (Å²) in [5.41, 5.74) is 0. The monoisotopic (exact) mass is 198 g/mol. The molecule has 1 fully saturated rings. The van der Waals surface area contributed by atoms with Gasteiger partial charge in [0.2, 0.25) is 11.8 Å². The Labute approximate surface area is 84.9 Å². The van der Waals surface area contributed by atoms with Crippen molar-refractivity contribution in [2.24, 2.45) is 0 Å². The topological polar surface area (TPSA) is 40.6 Å². The van der Waals surface area contributed by atoms with Gasteiger partial charge in [-0.1, -0.05) is 6.92 Å². The molecule has 1 unspecified atom stereocenters. The minimum Gasteiger partial charge on any atom is -0.339 e. The van der Waals surface area contributed by atoms with Crippen LogP contribution in [0.25, 0.3) is 0 Å². The fourth-order valence-corrected chi connectivity index (χ4v) is 1.91. The standard InChI is InChI=1S/C10H18N2O2/c1-4-10-7-11(8(2)13)5-6-12(10)9(3)14/h10H,4-7H2,1-3H3. The van der Waals surface area contributed by atoms with Crippen molar-refractivity contribution in [3.05, 3.63) is 0 Å². The SMILES string of the molecule is CCC1CN(C(C)=O)CCN1C(C)=O. The molecule has 0 aliphatic carbocycles. The van der Waals surface area contributed by atoms with Gasteiger partial charge in [-0.2, -0.15) is 0 Å². The highest BCUT2D eigenvalue weighted by Gasteiger charge is 2.28. The lowest BCUT2D eigenvalue weighted by molar-refractivity contribution is -0.140. The van der Waals surface area contributed by atoms with Crippen LogP contribution in [-0.4, -0.2) is 47.3 Å². The molecule has 1 heterocycles. The lowest BCUT2D eigenvalue weighted by Crippen LogP contribution is -2.55. The minimum absolute atomic E-state index is 0.103. The molecule has 4 nitrogen and oxygen atoms in total. The van der Waals surface area contributed by atoms with Crippen molar-refractivity contribution in [1.29, 1.82) is 0 Å². The second-order valence-corrected chi connectivity index (χ2v) is 3.74. The fourth-order valence-electron chi connectivity index (χ4n) is 1.91. The van der Waals surface area contributed by atoms with Crippen LogP contribution in [0.4, 0.5) is 0 Å². The zero-order valence-corrected chi connectivity index (χ0v) is 9.12. The number of hydrogen-bond donors (Lipinski definition) is 0. The predicted molar refractivity (Wildman–Crippen MR) is 53.7 cm³/mol. The van der Waals surface area contributed by atoms with E-state index >= 15 is 0 Å². The zero-order chi connectivity index (χ0) is 10.7. The Kier molecular flexibility index (Phi) is 3.49. The van der Waals surface area contributed by atoms with E-state index in [-0.39, 0.29) is 17.9 Å². The molecule has 0 aromatic rings. The Morgan fingerprint density at radius 1 is 1.21 bits per heavy atom. The lowest BCUT2D eigenvalue weighted by atomic mass is 10.1. The van der Waals surface area contributed by atoms with E-state index in [1.54, 1.807) is 13.8 Å². The van der Waals surface area contributed by atoms with Crippen molar-refractivity contribution < 1.29 is 9.59 Å². The fraction of sp³-hybridized carbons (Fsp3) is 0.800. The van der Waals surface area contributed by atoms with Crippen molar-refractivity contribution in [2.75, 3.05) is 19.6 Å². The maximum Gasteiger partial charge on any atom is 0.219 e. The first-order chi connectivity index (χ1) is 6.56. The van der Waals surface area contributed by atoms with E-state index in [1.165, 1.54) is 0 Å². The van der Waals surface area contributed by atoms with E-state index in [1.807, 2.05) is 16.7 Å². The smallest absolute Gasteiger partial charge is 0.219 e. The van der Waals surface area contributed by atoms with Gasteiger partial charge in [-0.05, 0) is 6.42 Å². The lowest BCUT2D eigenvalue weighted by Gasteiger charge is -2.40. The number of carbonyl (C=O) groups is 2. The maximum absolute atomic E-state index is 11.3. The van der Waals surface area contributed by atoms with Crippen LogP contribution in [0.2, 0.25) is 0 Å². The zero-order valence-electron chi connectivity index (χ0n) is 9.12. The molecule has 0 aromatic heterocycles. The highest BCUT2D eigenvalue weighted by molar-refractivity contribution is 5.76. The van der Waals surface area contributed by atoms with Crippen LogP contribution in [0.15, 0.2) is 0 Å². The number of piperazine rings is 1. The van der Waals surface area contributed by atoms with Crippen LogP contribution >= 0.6 is 0 Å². The molecule has 4 heteroatoms. The number of amides is 2. The summed E-state index contributed by atoms with van der Waals surface area (Å²) in [5, 5.41) is 0. The first-order valence-corrected chi connectivity index (χ1v) is 5.09. The van der Waals surface area contributed by atoms with Crippen LogP contribution in [0.3, 0.4) is 0 Å². The second kappa shape index (κ2) is 4.44. The number of hydrogen-bond acceptors (Lipinski definition) is 2. The number of rotatable bonds is 1.